The van der Waals surface area contributed by atoms with E-state index in [0.29, 0.717) is 36.8 Å². The Balaban J connectivity index is 1.92. The van der Waals surface area contributed by atoms with E-state index in [0.717, 1.165) is 10.0 Å². The molecule has 1 aliphatic heterocycles. The van der Waals surface area contributed by atoms with Crippen molar-refractivity contribution >= 4 is 39.1 Å². The lowest BCUT2D eigenvalue weighted by Gasteiger charge is -2.36. The normalized spacial score (nSPS) is 16.8. The molecule has 1 aliphatic rings. The zero-order valence-electron chi connectivity index (χ0n) is 12.5. The molecule has 1 saturated heterocycles. The topological polar surface area (TPSA) is 38.3 Å². The van der Waals surface area contributed by atoms with Crippen molar-refractivity contribution in [2.75, 3.05) is 18.5 Å². The molecule has 0 saturated carbocycles. The fraction of sp³-hybridized carbons (Fsp3) is 0.278. The zero-order chi connectivity index (χ0) is 16.3. The van der Waals surface area contributed by atoms with Crippen LogP contribution in [0.15, 0.2) is 53.0 Å². The SMILES string of the molecule is O=C(Nc1cccc(Cl)c1)C1(c2ccc(Br)cc2)CCOCC1. The van der Waals surface area contributed by atoms with Gasteiger partial charge < -0.3 is 10.1 Å². The summed E-state index contributed by atoms with van der Waals surface area (Å²) in [6.45, 7) is 1.16. The molecule has 2 aromatic carbocycles. The number of hydrogen-bond donors (Lipinski definition) is 1. The minimum atomic E-state index is -0.568. The third-order valence-corrected chi connectivity index (χ3v) is 5.02. The van der Waals surface area contributed by atoms with Crippen molar-refractivity contribution in [3.8, 4) is 0 Å². The smallest absolute Gasteiger partial charge is 0.235 e. The first kappa shape index (κ1) is 16.5. The van der Waals surface area contributed by atoms with Crippen LogP contribution in [-0.4, -0.2) is 19.1 Å². The number of ether oxygens (including phenoxy) is 1. The van der Waals surface area contributed by atoms with E-state index >= 15 is 0 Å². The minimum Gasteiger partial charge on any atom is -0.381 e. The van der Waals surface area contributed by atoms with Crippen LogP contribution in [0.2, 0.25) is 5.02 Å². The Labute approximate surface area is 149 Å². The van der Waals surface area contributed by atoms with Crippen molar-refractivity contribution < 1.29 is 9.53 Å². The quantitative estimate of drug-likeness (QED) is 0.813. The lowest BCUT2D eigenvalue weighted by Crippen LogP contribution is -2.44. The first-order chi connectivity index (χ1) is 11.1. The van der Waals surface area contributed by atoms with E-state index in [1.165, 1.54) is 0 Å². The van der Waals surface area contributed by atoms with Gasteiger partial charge >= 0.3 is 0 Å². The zero-order valence-corrected chi connectivity index (χ0v) is 14.9. The summed E-state index contributed by atoms with van der Waals surface area (Å²) < 4.78 is 6.48. The standard InChI is InChI=1S/C18H17BrClNO2/c19-14-6-4-13(5-7-14)18(8-10-23-11-9-18)17(22)21-16-3-1-2-15(20)12-16/h1-7,12H,8-11H2,(H,21,22). The highest BCUT2D eigenvalue weighted by Gasteiger charge is 2.41. The van der Waals surface area contributed by atoms with Gasteiger partial charge in [0.25, 0.3) is 0 Å². The summed E-state index contributed by atoms with van der Waals surface area (Å²) in [5.74, 6) is -0.00890. The second-order valence-corrected chi connectivity index (χ2v) is 7.02. The molecule has 2 aromatic rings. The van der Waals surface area contributed by atoms with Crippen LogP contribution in [0.3, 0.4) is 0 Å². The molecular weight excluding hydrogens is 378 g/mol. The predicted octanol–water partition coefficient (Wildman–Crippen LogP) is 4.79. The molecule has 1 fully saturated rings. The Morgan fingerprint density at radius 3 is 2.48 bits per heavy atom. The van der Waals surface area contributed by atoms with Gasteiger partial charge in [-0.2, -0.15) is 0 Å². The van der Waals surface area contributed by atoms with Crippen LogP contribution < -0.4 is 5.32 Å². The van der Waals surface area contributed by atoms with Gasteiger partial charge in [-0.05, 0) is 48.7 Å². The number of anilines is 1. The number of benzene rings is 2. The van der Waals surface area contributed by atoms with Gasteiger partial charge in [-0.25, -0.2) is 0 Å². The number of rotatable bonds is 3. The van der Waals surface area contributed by atoms with Crippen LogP contribution in [-0.2, 0) is 14.9 Å². The molecule has 0 spiro atoms. The van der Waals surface area contributed by atoms with Crippen molar-refractivity contribution in [2.45, 2.75) is 18.3 Å². The molecule has 1 heterocycles. The van der Waals surface area contributed by atoms with Gasteiger partial charge in [0.05, 0.1) is 5.41 Å². The molecule has 1 N–H and O–H groups in total. The Morgan fingerprint density at radius 2 is 1.83 bits per heavy atom. The number of hydrogen-bond acceptors (Lipinski definition) is 2. The van der Waals surface area contributed by atoms with E-state index in [1.54, 1.807) is 12.1 Å². The first-order valence-electron chi connectivity index (χ1n) is 7.51. The van der Waals surface area contributed by atoms with Gasteiger partial charge in [0.2, 0.25) is 5.91 Å². The van der Waals surface area contributed by atoms with Crippen LogP contribution in [0.25, 0.3) is 0 Å². The molecule has 1 amide bonds. The molecule has 3 nitrogen and oxygen atoms in total. The second-order valence-electron chi connectivity index (χ2n) is 5.67. The van der Waals surface area contributed by atoms with Crippen LogP contribution in [0.4, 0.5) is 5.69 Å². The van der Waals surface area contributed by atoms with E-state index in [9.17, 15) is 4.79 Å². The van der Waals surface area contributed by atoms with E-state index in [4.69, 9.17) is 16.3 Å². The minimum absolute atomic E-state index is 0.00890. The van der Waals surface area contributed by atoms with Crippen molar-refractivity contribution in [3.63, 3.8) is 0 Å². The van der Waals surface area contributed by atoms with E-state index in [2.05, 4.69) is 21.2 Å². The Bertz CT molecular complexity index is 696. The van der Waals surface area contributed by atoms with Gasteiger partial charge in [0.15, 0.2) is 0 Å². The van der Waals surface area contributed by atoms with Gasteiger partial charge in [0.1, 0.15) is 0 Å². The van der Waals surface area contributed by atoms with Crippen molar-refractivity contribution in [1.29, 1.82) is 0 Å². The highest BCUT2D eigenvalue weighted by molar-refractivity contribution is 9.10. The maximum atomic E-state index is 13.1. The maximum absolute atomic E-state index is 13.1. The lowest BCUT2D eigenvalue weighted by molar-refractivity contribution is -0.125. The number of carbonyl (C=O) groups is 1. The fourth-order valence-corrected chi connectivity index (χ4v) is 3.41. The van der Waals surface area contributed by atoms with Crippen LogP contribution in [0, 0.1) is 0 Å². The summed E-state index contributed by atoms with van der Waals surface area (Å²) in [6.07, 6.45) is 1.34. The first-order valence-corrected chi connectivity index (χ1v) is 8.68. The number of halogens is 2. The van der Waals surface area contributed by atoms with Gasteiger partial charge in [-0.3, -0.25) is 4.79 Å². The summed E-state index contributed by atoms with van der Waals surface area (Å²) >= 11 is 9.45. The highest BCUT2D eigenvalue weighted by atomic mass is 79.9. The van der Waals surface area contributed by atoms with Crippen molar-refractivity contribution in [3.05, 3.63) is 63.6 Å². The van der Waals surface area contributed by atoms with Gasteiger partial charge in [-0.1, -0.05) is 45.7 Å². The third-order valence-electron chi connectivity index (χ3n) is 4.26. The van der Waals surface area contributed by atoms with Gasteiger partial charge in [-0.15, -0.1) is 0 Å². The highest BCUT2D eigenvalue weighted by Crippen LogP contribution is 2.36. The summed E-state index contributed by atoms with van der Waals surface area (Å²) in [7, 11) is 0. The molecule has 23 heavy (non-hydrogen) atoms. The molecular formula is C18H17BrClNO2. The Morgan fingerprint density at radius 1 is 1.13 bits per heavy atom. The largest absolute Gasteiger partial charge is 0.381 e. The van der Waals surface area contributed by atoms with Crippen LogP contribution in [0.5, 0.6) is 0 Å². The molecule has 0 aliphatic carbocycles. The average molecular weight is 395 g/mol. The van der Waals surface area contributed by atoms with Crippen molar-refractivity contribution in [1.82, 2.24) is 0 Å². The molecule has 5 heteroatoms. The second kappa shape index (κ2) is 7.04. The third kappa shape index (κ3) is 3.60. The van der Waals surface area contributed by atoms with E-state index in [-0.39, 0.29) is 5.91 Å². The van der Waals surface area contributed by atoms with Gasteiger partial charge in [0, 0.05) is 28.4 Å². The molecule has 3 rings (SSSR count). The monoisotopic (exact) mass is 393 g/mol. The molecule has 0 radical (unpaired) electrons. The number of amides is 1. The summed E-state index contributed by atoms with van der Waals surface area (Å²) in [5.41, 5.74) is 1.16. The summed E-state index contributed by atoms with van der Waals surface area (Å²) in [6, 6.07) is 15.2. The molecule has 0 bridgehead atoms. The molecule has 0 aromatic heterocycles. The maximum Gasteiger partial charge on any atom is 0.235 e. The summed E-state index contributed by atoms with van der Waals surface area (Å²) in [5, 5.41) is 3.62. The van der Waals surface area contributed by atoms with E-state index < -0.39 is 5.41 Å². The predicted molar refractivity (Wildman–Crippen MR) is 96.0 cm³/mol. The molecule has 120 valence electrons. The molecule has 0 unspecified atom stereocenters. The molecule has 0 atom stereocenters. The lowest BCUT2D eigenvalue weighted by atomic mass is 9.73. The Kier molecular flexibility index (Phi) is 5.05. The Hall–Kier alpha value is -1.36. The number of nitrogens with one attached hydrogen (secondary N) is 1. The fourth-order valence-electron chi connectivity index (χ4n) is 2.95. The number of carbonyl (C=O) groups excluding carboxylic acids is 1. The van der Waals surface area contributed by atoms with Crippen LogP contribution in [0.1, 0.15) is 18.4 Å². The van der Waals surface area contributed by atoms with Crippen LogP contribution >= 0.6 is 27.5 Å². The van der Waals surface area contributed by atoms with E-state index in [1.807, 2.05) is 36.4 Å². The average Bonchev–Trinajstić information content (AvgIpc) is 2.56. The van der Waals surface area contributed by atoms with Crippen molar-refractivity contribution in [2.24, 2.45) is 0 Å². The summed E-state index contributed by atoms with van der Waals surface area (Å²) in [4.78, 5) is 13.1.